The lowest BCUT2D eigenvalue weighted by molar-refractivity contribution is -0.386. The van der Waals surface area contributed by atoms with E-state index in [1.165, 1.54) is 6.07 Å². The lowest BCUT2D eigenvalue weighted by Gasteiger charge is -2.15. The molecule has 0 saturated carbocycles. The Morgan fingerprint density at radius 2 is 1.71 bits per heavy atom. The first kappa shape index (κ1) is 19.9. The van der Waals surface area contributed by atoms with Gasteiger partial charge in [-0.15, -0.1) is 0 Å². The van der Waals surface area contributed by atoms with Crippen molar-refractivity contribution in [1.29, 1.82) is 0 Å². The quantitative estimate of drug-likeness (QED) is 0.206. The molecule has 1 heterocycles. The van der Waals surface area contributed by atoms with Gasteiger partial charge in [0, 0.05) is 12.6 Å². The number of fused-ring (bicyclic) bond motifs is 1. The second kappa shape index (κ2) is 7.63. The average molecular weight is 455 g/mol. The summed E-state index contributed by atoms with van der Waals surface area (Å²) in [6.45, 7) is 0.124. The lowest BCUT2D eigenvalue weighted by atomic mass is 10.1. The fourth-order valence-corrected chi connectivity index (χ4v) is 3.16. The van der Waals surface area contributed by atoms with Crippen LogP contribution in [0.3, 0.4) is 0 Å². The Morgan fingerprint density at radius 1 is 1.11 bits per heavy atom. The van der Waals surface area contributed by atoms with Gasteiger partial charge in [0.25, 0.3) is 17.5 Å². The number of carbonyl (C=O) groups is 2. The molecule has 3 rings (SSSR count). The van der Waals surface area contributed by atoms with Gasteiger partial charge < -0.3 is 4.74 Å². The van der Waals surface area contributed by atoms with Gasteiger partial charge in [-0.25, -0.2) is 0 Å². The van der Waals surface area contributed by atoms with E-state index in [2.05, 4.69) is 15.9 Å². The molecule has 2 amide bonds. The summed E-state index contributed by atoms with van der Waals surface area (Å²) in [4.78, 5) is 32.0. The number of amides is 2. The Labute approximate surface area is 166 Å². The summed E-state index contributed by atoms with van der Waals surface area (Å²) in [5, 5.41) is 10.9. The lowest BCUT2D eigenvalue weighted by Crippen LogP contribution is -2.31. The third kappa shape index (κ3) is 3.86. The number of benzene rings is 2. The molecule has 0 fully saturated rings. The second-order valence-corrected chi connectivity index (χ2v) is 6.94. The van der Waals surface area contributed by atoms with Crippen molar-refractivity contribution in [2.45, 2.75) is 11.3 Å². The minimum absolute atomic E-state index is 0.0158. The van der Waals surface area contributed by atoms with Crippen LogP contribution in [0.5, 0.6) is 5.75 Å². The molecule has 2 aromatic rings. The van der Waals surface area contributed by atoms with Crippen LogP contribution in [0, 0.1) is 10.1 Å². The Bertz CT molecular complexity index is 926. The molecule has 0 bridgehead atoms. The van der Waals surface area contributed by atoms with Gasteiger partial charge in [0.1, 0.15) is 11.3 Å². The monoisotopic (exact) mass is 454 g/mol. The smallest absolute Gasteiger partial charge is 0.333 e. The zero-order chi connectivity index (χ0) is 20.5. The van der Waals surface area contributed by atoms with Crippen molar-refractivity contribution in [3.05, 3.63) is 69.3 Å². The Kier molecular flexibility index (Phi) is 5.41. The number of imide groups is 1. The van der Waals surface area contributed by atoms with Crippen molar-refractivity contribution in [2.24, 2.45) is 0 Å². The third-order valence-electron chi connectivity index (χ3n) is 4.14. The number of hydrogen-bond acceptors (Lipinski definition) is 5. The third-order valence-corrected chi connectivity index (χ3v) is 4.57. The number of nitrogens with zero attached hydrogens (tertiary/aromatic N) is 2. The number of rotatable bonds is 7. The highest BCUT2D eigenvalue weighted by molar-refractivity contribution is 9.09. The van der Waals surface area contributed by atoms with Crippen molar-refractivity contribution >= 4 is 33.4 Å². The molecular weight excluding hydrogens is 442 g/mol. The molecule has 1 aliphatic heterocycles. The van der Waals surface area contributed by atoms with Gasteiger partial charge >= 0.3 is 4.83 Å². The summed E-state index contributed by atoms with van der Waals surface area (Å²) in [7, 11) is 0. The van der Waals surface area contributed by atoms with Crippen LogP contribution in [0.15, 0.2) is 42.5 Å². The standard InChI is InChI=1S/C18H13BrF2N2O5/c19-18(20,21)14-10-11(6-7-15(14)23(26)27)28-9-3-8-22-16(24)12-4-1-2-5-13(12)17(22)25/h1-2,4-7,10H,3,8-9H2. The van der Waals surface area contributed by atoms with E-state index in [0.717, 1.165) is 17.0 Å². The number of halogens is 3. The Hall–Kier alpha value is -2.88. The first-order valence-electron chi connectivity index (χ1n) is 8.14. The van der Waals surface area contributed by atoms with E-state index in [1.54, 1.807) is 24.3 Å². The molecule has 146 valence electrons. The molecule has 0 radical (unpaired) electrons. The summed E-state index contributed by atoms with van der Waals surface area (Å²) in [6, 6.07) is 9.52. The highest BCUT2D eigenvalue weighted by Gasteiger charge is 2.36. The number of carbonyl (C=O) groups excluding carboxylic acids is 2. The zero-order valence-electron chi connectivity index (χ0n) is 14.2. The van der Waals surface area contributed by atoms with Crippen molar-refractivity contribution in [2.75, 3.05) is 13.2 Å². The molecule has 10 heteroatoms. The van der Waals surface area contributed by atoms with Crippen LogP contribution in [0.4, 0.5) is 14.5 Å². The molecule has 0 saturated heterocycles. The maximum Gasteiger partial charge on any atom is 0.333 e. The second-order valence-electron chi connectivity index (χ2n) is 5.94. The van der Waals surface area contributed by atoms with E-state index < -0.39 is 32.8 Å². The van der Waals surface area contributed by atoms with Crippen LogP contribution in [-0.2, 0) is 4.83 Å². The van der Waals surface area contributed by atoms with E-state index in [9.17, 15) is 28.5 Å². The van der Waals surface area contributed by atoms with Gasteiger partial charge in [0.05, 0.1) is 22.7 Å². The molecule has 0 atom stereocenters. The number of hydrogen-bond donors (Lipinski definition) is 0. The molecule has 0 aromatic heterocycles. The number of nitro groups is 1. The van der Waals surface area contributed by atoms with Crippen molar-refractivity contribution in [3.63, 3.8) is 0 Å². The van der Waals surface area contributed by atoms with Crippen molar-refractivity contribution < 1.29 is 28.0 Å². The molecule has 1 aliphatic rings. The molecule has 0 aliphatic carbocycles. The van der Waals surface area contributed by atoms with Crippen LogP contribution < -0.4 is 4.74 Å². The van der Waals surface area contributed by atoms with Crippen LogP contribution in [0.2, 0.25) is 0 Å². The van der Waals surface area contributed by atoms with E-state index >= 15 is 0 Å². The highest BCUT2D eigenvalue weighted by atomic mass is 79.9. The highest BCUT2D eigenvalue weighted by Crippen LogP contribution is 2.41. The predicted molar refractivity (Wildman–Crippen MR) is 97.8 cm³/mol. The first-order valence-corrected chi connectivity index (χ1v) is 8.93. The number of nitro benzene ring substituents is 1. The van der Waals surface area contributed by atoms with E-state index in [4.69, 9.17) is 4.74 Å². The van der Waals surface area contributed by atoms with Gasteiger partial charge in [-0.3, -0.25) is 24.6 Å². The maximum absolute atomic E-state index is 13.5. The number of ether oxygens (including phenoxy) is 1. The summed E-state index contributed by atoms with van der Waals surface area (Å²) in [5.41, 5.74) is -0.878. The molecule has 28 heavy (non-hydrogen) atoms. The van der Waals surface area contributed by atoms with Gasteiger partial charge in [-0.05, 0) is 46.6 Å². The minimum Gasteiger partial charge on any atom is -0.494 e. The molecule has 2 aromatic carbocycles. The SMILES string of the molecule is O=C1c2ccccc2C(=O)N1CCCOc1ccc([N+](=O)[O-])c(C(F)(F)Br)c1. The van der Waals surface area contributed by atoms with Crippen LogP contribution in [0.1, 0.15) is 32.7 Å². The predicted octanol–water partition coefficient (Wildman–Crippen LogP) is 4.10. The molecular formula is C18H13BrF2N2O5. The number of alkyl halides is 3. The van der Waals surface area contributed by atoms with Gasteiger partial charge in [-0.1, -0.05) is 12.1 Å². The van der Waals surface area contributed by atoms with Gasteiger partial charge in [-0.2, -0.15) is 8.78 Å². The maximum atomic E-state index is 13.5. The van der Waals surface area contributed by atoms with E-state index in [-0.39, 0.29) is 25.3 Å². The van der Waals surface area contributed by atoms with Crippen molar-refractivity contribution in [3.8, 4) is 5.75 Å². The summed E-state index contributed by atoms with van der Waals surface area (Å²) >= 11 is 2.12. The normalized spacial score (nSPS) is 13.6. The summed E-state index contributed by atoms with van der Waals surface area (Å²) in [5.74, 6) is -0.767. The average Bonchev–Trinajstić information content (AvgIpc) is 2.89. The van der Waals surface area contributed by atoms with Crippen LogP contribution >= 0.6 is 15.9 Å². The Morgan fingerprint density at radius 3 is 2.25 bits per heavy atom. The van der Waals surface area contributed by atoms with Crippen molar-refractivity contribution in [1.82, 2.24) is 4.90 Å². The zero-order valence-corrected chi connectivity index (χ0v) is 15.8. The van der Waals surface area contributed by atoms with E-state index in [0.29, 0.717) is 11.1 Å². The fraction of sp³-hybridized carbons (Fsp3) is 0.222. The molecule has 0 spiro atoms. The van der Waals surface area contributed by atoms with Gasteiger partial charge in [0.2, 0.25) is 0 Å². The summed E-state index contributed by atoms with van der Waals surface area (Å²) in [6.07, 6.45) is 0.266. The van der Waals surface area contributed by atoms with Crippen LogP contribution in [0.25, 0.3) is 0 Å². The van der Waals surface area contributed by atoms with Crippen LogP contribution in [-0.4, -0.2) is 34.8 Å². The van der Waals surface area contributed by atoms with E-state index in [1.807, 2.05) is 0 Å². The largest absolute Gasteiger partial charge is 0.494 e. The fourth-order valence-electron chi connectivity index (χ4n) is 2.85. The molecule has 0 N–H and O–H groups in total. The summed E-state index contributed by atoms with van der Waals surface area (Å²) < 4.78 is 32.4. The van der Waals surface area contributed by atoms with Gasteiger partial charge in [0.15, 0.2) is 0 Å². The minimum atomic E-state index is -3.59. The first-order chi connectivity index (χ1) is 13.2. The molecule has 7 nitrogen and oxygen atoms in total. The Balaban J connectivity index is 1.61. The molecule has 0 unspecified atom stereocenters. The topological polar surface area (TPSA) is 89.8 Å².